The van der Waals surface area contributed by atoms with Crippen molar-refractivity contribution in [1.82, 2.24) is 24.0 Å². The lowest BCUT2D eigenvalue weighted by Gasteiger charge is -2.14. The van der Waals surface area contributed by atoms with Crippen molar-refractivity contribution in [3.63, 3.8) is 0 Å². The number of nitrogens with two attached hydrogens (primary N) is 1. The van der Waals surface area contributed by atoms with Crippen LogP contribution in [-0.2, 0) is 32.5 Å². The highest BCUT2D eigenvalue weighted by Crippen LogP contribution is 2.17. The number of nitrogens with one attached hydrogen (secondary N) is 1. The molecule has 0 amide bonds. The van der Waals surface area contributed by atoms with E-state index in [1.54, 1.807) is 4.57 Å². The minimum Gasteiger partial charge on any atom is -0.399 e. The van der Waals surface area contributed by atoms with Gasteiger partial charge >= 0.3 is 5.69 Å². The summed E-state index contributed by atoms with van der Waals surface area (Å²) < 4.78 is 5.02. The third-order valence-corrected chi connectivity index (χ3v) is 7.35. The molecule has 0 spiro atoms. The Morgan fingerprint density at radius 2 is 1.65 bits per heavy atom. The first-order valence-corrected chi connectivity index (χ1v) is 14.4. The molecule has 0 saturated heterocycles. The molecule has 0 radical (unpaired) electrons. The maximum absolute atomic E-state index is 13.9. The maximum Gasteiger partial charge on any atom is 0.332 e. The SMILES string of the molecule is CCCCCn1c(=O)c2c(nc(Cc3ccccc3)n2CCNCC(O)CC)n(CCc2ccc(N)cc2)c1=O. The topological polar surface area (TPSA) is 120 Å². The number of aliphatic hydroxyl groups is 1. The van der Waals surface area contributed by atoms with Crippen molar-refractivity contribution in [2.45, 2.75) is 78.1 Å². The van der Waals surface area contributed by atoms with Crippen LogP contribution in [0.3, 0.4) is 0 Å². The van der Waals surface area contributed by atoms with Crippen LogP contribution >= 0.6 is 0 Å². The van der Waals surface area contributed by atoms with Gasteiger partial charge in [0.1, 0.15) is 5.82 Å². The van der Waals surface area contributed by atoms with Crippen molar-refractivity contribution < 1.29 is 5.11 Å². The molecule has 4 rings (SSSR count). The van der Waals surface area contributed by atoms with Crippen LogP contribution in [0.2, 0.25) is 0 Å². The lowest BCUT2D eigenvalue weighted by molar-refractivity contribution is 0.167. The molecule has 4 N–H and O–H groups in total. The first-order chi connectivity index (χ1) is 19.4. The number of aryl methyl sites for hydroxylation is 2. The lowest BCUT2D eigenvalue weighted by atomic mass is 10.1. The number of aromatic nitrogens is 4. The van der Waals surface area contributed by atoms with Crippen molar-refractivity contribution in [2.75, 3.05) is 18.8 Å². The Balaban J connectivity index is 1.80. The van der Waals surface area contributed by atoms with E-state index >= 15 is 0 Å². The van der Waals surface area contributed by atoms with Crippen LogP contribution in [0.4, 0.5) is 5.69 Å². The zero-order chi connectivity index (χ0) is 28.5. The Morgan fingerprint density at radius 1 is 0.900 bits per heavy atom. The molecular formula is C31H42N6O3. The van der Waals surface area contributed by atoms with Gasteiger partial charge in [0.05, 0.1) is 6.10 Å². The third kappa shape index (κ3) is 7.08. The Bertz CT molecular complexity index is 1490. The molecule has 1 atom stereocenters. The Kier molecular flexibility index (Phi) is 10.3. The van der Waals surface area contributed by atoms with Gasteiger partial charge in [-0.15, -0.1) is 0 Å². The summed E-state index contributed by atoms with van der Waals surface area (Å²) in [6, 6.07) is 17.7. The van der Waals surface area contributed by atoms with E-state index in [9.17, 15) is 14.7 Å². The monoisotopic (exact) mass is 546 g/mol. The second-order valence-corrected chi connectivity index (χ2v) is 10.4. The number of rotatable bonds is 15. The molecule has 0 bridgehead atoms. The van der Waals surface area contributed by atoms with Crippen molar-refractivity contribution in [1.29, 1.82) is 0 Å². The third-order valence-electron chi connectivity index (χ3n) is 7.35. The number of imidazole rings is 1. The average Bonchev–Trinajstić information content (AvgIpc) is 3.31. The molecule has 0 aliphatic rings. The van der Waals surface area contributed by atoms with Gasteiger partial charge < -0.3 is 20.7 Å². The number of hydrogen-bond donors (Lipinski definition) is 3. The van der Waals surface area contributed by atoms with Crippen molar-refractivity contribution in [2.24, 2.45) is 0 Å². The summed E-state index contributed by atoms with van der Waals surface area (Å²) in [6.07, 6.45) is 4.10. The maximum atomic E-state index is 13.9. The van der Waals surface area contributed by atoms with E-state index in [1.165, 1.54) is 4.57 Å². The second-order valence-electron chi connectivity index (χ2n) is 10.4. The van der Waals surface area contributed by atoms with E-state index in [1.807, 2.05) is 66.1 Å². The summed E-state index contributed by atoms with van der Waals surface area (Å²) >= 11 is 0. The van der Waals surface area contributed by atoms with Gasteiger partial charge in [0.15, 0.2) is 11.2 Å². The van der Waals surface area contributed by atoms with Gasteiger partial charge in [-0.3, -0.25) is 13.9 Å². The van der Waals surface area contributed by atoms with Crippen molar-refractivity contribution in [3.8, 4) is 0 Å². The highest BCUT2D eigenvalue weighted by molar-refractivity contribution is 5.71. The minimum absolute atomic E-state index is 0.291. The number of anilines is 1. The van der Waals surface area contributed by atoms with Gasteiger partial charge in [-0.1, -0.05) is 69.2 Å². The summed E-state index contributed by atoms with van der Waals surface area (Å²) in [5.41, 5.74) is 8.96. The predicted octanol–water partition coefficient (Wildman–Crippen LogP) is 3.33. The summed E-state index contributed by atoms with van der Waals surface area (Å²) in [4.78, 5) is 32.6. The van der Waals surface area contributed by atoms with Gasteiger partial charge in [-0.2, -0.15) is 0 Å². The second kappa shape index (κ2) is 14.1. The highest BCUT2D eigenvalue weighted by atomic mass is 16.3. The molecule has 2 aromatic carbocycles. The van der Waals surface area contributed by atoms with E-state index in [-0.39, 0.29) is 11.2 Å². The van der Waals surface area contributed by atoms with Crippen LogP contribution in [0.5, 0.6) is 0 Å². The fourth-order valence-corrected chi connectivity index (χ4v) is 4.94. The van der Waals surface area contributed by atoms with Crippen molar-refractivity contribution >= 4 is 16.9 Å². The normalized spacial score (nSPS) is 12.3. The van der Waals surface area contributed by atoms with Crippen LogP contribution in [-0.4, -0.2) is 43.0 Å². The van der Waals surface area contributed by atoms with Crippen LogP contribution in [0.15, 0.2) is 64.2 Å². The number of nitrogens with zero attached hydrogens (tertiary/aromatic N) is 4. The zero-order valence-electron chi connectivity index (χ0n) is 23.7. The Labute approximate surface area is 235 Å². The Morgan fingerprint density at radius 3 is 2.35 bits per heavy atom. The molecule has 0 saturated carbocycles. The number of benzene rings is 2. The molecule has 9 nitrogen and oxygen atoms in total. The van der Waals surface area contributed by atoms with Gasteiger partial charge in [-0.25, -0.2) is 9.78 Å². The van der Waals surface area contributed by atoms with E-state index in [0.717, 1.165) is 36.2 Å². The molecule has 40 heavy (non-hydrogen) atoms. The molecule has 2 aromatic heterocycles. The molecule has 4 aromatic rings. The van der Waals surface area contributed by atoms with E-state index in [2.05, 4.69) is 12.2 Å². The fraction of sp³-hybridized carbons (Fsp3) is 0.452. The number of nitrogen functional groups attached to an aromatic ring is 1. The number of fused-ring (bicyclic) bond motifs is 1. The van der Waals surface area contributed by atoms with E-state index < -0.39 is 6.10 Å². The number of unbranched alkanes of at least 4 members (excludes halogenated alkanes) is 2. The van der Waals surface area contributed by atoms with Crippen LogP contribution in [0.1, 0.15) is 56.5 Å². The van der Waals surface area contributed by atoms with E-state index in [0.29, 0.717) is 68.8 Å². The molecular weight excluding hydrogens is 504 g/mol. The predicted molar refractivity (Wildman–Crippen MR) is 161 cm³/mol. The number of hydrogen-bond acceptors (Lipinski definition) is 6. The summed E-state index contributed by atoms with van der Waals surface area (Å²) in [7, 11) is 0. The standard InChI is InChI=1S/C31H42N6O3/c1-3-5-9-18-37-30(39)28-29(36(31(37)40)19-16-23-12-14-25(32)15-13-23)34-27(21-24-10-7-6-8-11-24)35(28)20-17-33-22-26(38)4-2/h6-8,10-15,26,33,38H,3-5,9,16-22,32H2,1-2H3. The minimum atomic E-state index is -0.419. The van der Waals surface area contributed by atoms with Crippen molar-refractivity contribution in [3.05, 3.63) is 92.4 Å². The first-order valence-electron chi connectivity index (χ1n) is 14.4. The van der Waals surface area contributed by atoms with Gasteiger partial charge in [0.2, 0.25) is 0 Å². The van der Waals surface area contributed by atoms with Gasteiger partial charge in [-0.05, 0) is 42.5 Å². The largest absolute Gasteiger partial charge is 0.399 e. The smallest absolute Gasteiger partial charge is 0.332 e. The van der Waals surface area contributed by atoms with Gasteiger partial charge in [0.25, 0.3) is 5.56 Å². The molecule has 0 fully saturated rings. The fourth-order valence-electron chi connectivity index (χ4n) is 4.94. The van der Waals surface area contributed by atoms with Gasteiger partial charge in [0, 0.05) is 44.8 Å². The van der Waals surface area contributed by atoms with Crippen LogP contribution in [0.25, 0.3) is 11.2 Å². The summed E-state index contributed by atoms with van der Waals surface area (Å²) in [5.74, 6) is 0.739. The lowest BCUT2D eigenvalue weighted by Crippen LogP contribution is -2.41. The number of aliphatic hydroxyl groups excluding tert-OH is 1. The molecule has 2 heterocycles. The molecule has 0 aliphatic heterocycles. The zero-order valence-corrected chi connectivity index (χ0v) is 23.7. The summed E-state index contributed by atoms with van der Waals surface area (Å²) in [5, 5.41) is 13.3. The molecule has 1 unspecified atom stereocenters. The van der Waals surface area contributed by atoms with E-state index in [4.69, 9.17) is 10.7 Å². The van der Waals surface area contributed by atoms with Crippen LogP contribution < -0.4 is 22.3 Å². The summed E-state index contributed by atoms with van der Waals surface area (Å²) in [6.45, 7) is 6.35. The Hall–Kier alpha value is -3.69. The van der Waals surface area contributed by atoms with Crippen LogP contribution in [0, 0.1) is 0 Å². The molecule has 214 valence electrons. The first kappa shape index (κ1) is 29.3. The average molecular weight is 547 g/mol. The molecule has 0 aliphatic carbocycles. The highest BCUT2D eigenvalue weighted by Gasteiger charge is 2.22. The quantitative estimate of drug-likeness (QED) is 0.155. The molecule has 9 heteroatoms.